The third-order valence-corrected chi connectivity index (χ3v) is 5.12. The lowest BCUT2D eigenvalue weighted by molar-refractivity contribution is 0.0977. The molecule has 0 bridgehead atoms. The van der Waals surface area contributed by atoms with Crippen molar-refractivity contribution in [1.29, 1.82) is 0 Å². The molecule has 168 valence electrons. The largest absolute Gasteiger partial charge is 0.376 e. The number of imidazole rings is 1. The van der Waals surface area contributed by atoms with Crippen molar-refractivity contribution in [1.82, 2.24) is 34.3 Å². The van der Waals surface area contributed by atoms with E-state index in [1.165, 1.54) is 6.33 Å². The van der Waals surface area contributed by atoms with Gasteiger partial charge in [0.25, 0.3) is 0 Å². The number of anilines is 2. The van der Waals surface area contributed by atoms with Crippen LogP contribution in [0.2, 0.25) is 0 Å². The molecule has 34 heavy (non-hydrogen) atoms. The van der Waals surface area contributed by atoms with Gasteiger partial charge in [0, 0.05) is 23.6 Å². The number of fused-ring (bicyclic) bond motifs is 1. The molecule has 3 aromatic heterocycles. The molecule has 0 aliphatic heterocycles. The predicted molar refractivity (Wildman–Crippen MR) is 129 cm³/mol. The molecule has 0 aliphatic carbocycles. The fourth-order valence-corrected chi connectivity index (χ4v) is 3.59. The van der Waals surface area contributed by atoms with Crippen LogP contribution < -0.4 is 5.32 Å². The zero-order valence-corrected chi connectivity index (χ0v) is 18.7. The first kappa shape index (κ1) is 21.3. The highest BCUT2D eigenvalue weighted by atomic mass is 16.3. The fraction of sp³-hybridized carbons (Fsp3) is 0.160. The molecule has 0 radical (unpaired) electrons. The second kappa shape index (κ2) is 8.77. The van der Waals surface area contributed by atoms with Crippen LogP contribution in [0.25, 0.3) is 17.0 Å². The van der Waals surface area contributed by atoms with E-state index in [0.717, 1.165) is 28.1 Å². The molecule has 5 rings (SSSR count). The number of hydrogen-bond donors (Lipinski definition) is 2. The number of nitrogens with zero attached hydrogens (tertiary/aromatic N) is 7. The molecule has 3 heterocycles. The van der Waals surface area contributed by atoms with Crippen LogP contribution >= 0.6 is 0 Å². The fourth-order valence-electron chi connectivity index (χ4n) is 3.59. The van der Waals surface area contributed by atoms with Crippen LogP contribution in [0, 0.1) is 18.8 Å². The van der Waals surface area contributed by atoms with Gasteiger partial charge in [-0.2, -0.15) is 10.1 Å². The van der Waals surface area contributed by atoms with Gasteiger partial charge in [-0.25, -0.2) is 15.0 Å². The van der Waals surface area contributed by atoms with E-state index < -0.39 is 5.60 Å². The lowest BCUT2D eigenvalue weighted by Crippen LogP contribution is -2.28. The van der Waals surface area contributed by atoms with Crippen molar-refractivity contribution in [2.75, 3.05) is 5.32 Å². The summed E-state index contributed by atoms with van der Waals surface area (Å²) in [5.74, 6) is 7.64. The summed E-state index contributed by atoms with van der Waals surface area (Å²) in [7, 11) is 0. The van der Waals surface area contributed by atoms with Crippen LogP contribution in [0.3, 0.4) is 0 Å². The van der Waals surface area contributed by atoms with E-state index >= 15 is 0 Å². The van der Waals surface area contributed by atoms with E-state index in [-0.39, 0.29) is 6.54 Å². The summed E-state index contributed by atoms with van der Waals surface area (Å²) in [6.45, 7) is 3.84. The Hall–Kier alpha value is -4.55. The number of aryl methyl sites for hydroxylation is 1. The van der Waals surface area contributed by atoms with Crippen molar-refractivity contribution in [3.8, 4) is 17.8 Å². The first-order valence-corrected chi connectivity index (χ1v) is 10.7. The normalized spacial score (nSPS) is 12.7. The maximum Gasteiger partial charge on any atom is 0.240 e. The quantitative estimate of drug-likeness (QED) is 0.396. The van der Waals surface area contributed by atoms with Gasteiger partial charge in [0.15, 0.2) is 0 Å². The van der Waals surface area contributed by atoms with Gasteiger partial charge in [0.2, 0.25) is 11.9 Å². The highest BCUT2D eigenvalue weighted by molar-refractivity contribution is 5.79. The van der Waals surface area contributed by atoms with Crippen molar-refractivity contribution in [2.24, 2.45) is 0 Å². The molecule has 9 nitrogen and oxygen atoms in total. The molecule has 0 aliphatic rings. The van der Waals surface area contributed by atoms with Gasteiger partial charge in [0.1, 0.15) is 17.8 Å². The van der Waals surface area contributed by atoms with Crippen molar-refractivity contribution in [3.05, 3.63) is 84.7 Å². The average molecular weight is 451 g/mol. The number of aliphatic hydroxyl groups is 1. The Bertz CT molecular complexity index is 1490. The Kier molecular flexibility index (Phi) is 5.49. The highest BCUT2D eigenvalue weighted by Gasteiger charge is 2.18. The van der Waals surface area contributed by atoms with Gasteiger partial charge in [-0.15, -0.1) is 0 Å². The standard InChI is InChI=1S/C25H22N8O/c1-18-29-21-10-9-19(11-12-25(2,34)16-32-14-6-13-28-32)15-22(21)33(18)24-27-17-26-23(31-24)30-20-7-4-3-5-8-20/h3-10,13-15,17,34H,16H2,1-2H3,(H,26,27,30,31). The van der Waals surface area contributed by atoms with Gasteiger partial charge in [-0.1, -0.05) is 30.0 Å². The third-order valence-electron chi connectivity index (χ3n) is 5.12. The van der Waals surface area contributed by atoms with Crippen LogP contribution in [0.4, 0.5) is 11.6 Å². The van der Waals surface area contributed by atoms with E-state index in [0.29, 0.717) is 11.9 Å². The minimum Gasteiger partial charge on any atom is -0.376 e. The third kappa shape index (κ3) is 4.62. The van der Waals surface area contributed by atoms with Crippen LogP contribution in [0.1, 0.15) is 18.3 Å². The summed E-state index contributed by atoms with van der Waals surface area (Å²) >= 11 is 0. The maximum atomic E-state index is 10.7. The molecule has 0 fully saturated rings. The smallest absolute Gasteiger partial charge is 0.240 e. The Balaban J connectivity index is 1.47. The number of hydrogen-bond acceptors (Lipinski definition) is 7. The summed E-state index contributed by atoms with van der Waals surface area (Å²) < 4.78 is 3.51. The van der Waals surface area contributed by atoms with Crippen molar-refractivity contribution < 1.29 is 5.11 Å². The predicted octanol–water partition coefficient (Wildman–Crippen LogP) is 3.26. The van der Waals surface area contributed by atoms with E-state index in [1.807, 2.05) is 66.1 Å². The van der Waals surface area contributed by atoms with Gasteiger partial charge in [-0.3, -0.25) is 9.25 Å². The lowest BCUT2D eigenvalue weighted by atomic mass is 10.1. The molecular formula is C25H22N8O. The minimum atomic E-state index is -1.23. The number of rotatable bonds is 5. The summed E-state index contributed by atoms with van der Waals surface area (Å²) in [4.78, 5) is 17.8. The highest BCUT2D eigenvalue weighted by Crippen LogP contribution is 2.21. The van der Waals surface area contributed by atoms with Crippen LogP contribution in [-0.4, -0.2) is 45.0 Å². The SMILES string of the molecule is Cc1nc2ccc(C#CC(C)(O)Cn3cccn3)cc2n1-c1ncnc(Nc2ccccc2)n1. The van der Waals surface area contributed by atoms with E-state index in [4.69, 9.17) is 0 Å². The molecule has 0 saturated heterocycles. The van der Waals surface area contributed by atoms with Gasteiger partial charge in [-0.05, 0) is 50.2 Å². The van der Waals surface area contributed by atoms with Crippen LogP contribution in [0.15, 0.2) is 73.3 Å². The van der Waals surface area contributed by atoms with Crippen molar-refractivity contribution in [3.63, 3.8) is 0 Å². The zero-order valence-electron chi connectivity index (χ0n) is 18.7. The molecule has 0 spiro atoms. The summed E-state index contributed by atoms with van der Waals surface area (Å²) in [5.41, 5.74) is 2.00. The van der Waals surface area contributed by atoms with Crippen LogP contribution in [-0.2, 0) is 6.54 Å². The molecule has 0 amide bonds. The van der Waals surface area contributed by atoms with E-state index in [2.05, 4.69) is 42.2 Å². The second-order valence-corrected chi connectivity index (χ2v) is 8.03. The molecule has 2 aromatic carbocycles. The van der Waals surface area contributed by atoms with Gasteiger partial charge < -0.3 is 10.4 Å². The first-order chi connectivity index (χ1) is 16.5. The lowest BCUT2D eigenvalue weighted by Gasteiger charge is -2.15. The van der Waals surface area contributed by atoms with Crippen LogP contribution in [0.5, 0.6) is 0 Å². The Morgan fingerprint density at radius 3 is 2.71 bits per heavy atom. The molecule has 1 atom stereocenters. The minimum absolute atomic E-state index is 0.272. The molecular weight excluding hydrogens is 428 g/mol. The Labute approximate surface area is 196 Å². The zero-order chi connectivity index (χ0) is 23.5. The number of nitrogens with one attached hydrogen (secondary N) is 1. The van der Waals surface area contributed by atoms with Gasteiger partial charge in [0.05, 0.1) is 17.6 Å². The maximum absolute atomic E-state index is 10.7. The summed E-state index contributed by atoms with van der Waals surface area (Å²) in [6, 6.07) is 17.2. The molecule has 2 N–H and O–H groups in total. The average Bonchev–Trinajstić information content (AvgIpc) is 3.44. The van der Waals surface area contributed by atoms with Crippen molar-refractivity contribution in [2.45, 2.75) is 26.0 Å². The Morgan fingerprint density at radius 2 is 1.91 bits per heavy atom. The number of aromatic nitrogens is 7. The van der Waals surface area contributed by atoms with E-state index in [9.17, 15) is 5.11 Å². The van der Waals surface area contributed by atoms with Crippen molar-refractivity contribution >= 4 is 22.7 Å². The molecule has 5 aromatic rings. The molecule has 9 heteroatoms. The summed E-state index contributed by atoms with van der Waals surface area (Å²) in [5, 5.41) is 18.0. The number of benzene rings is 2. The van der Waals surface area contributed by atoms with E-state index in [1.54, 1.807) is 24.0 Å². The number of para-hydroxylation sites is 1. The first-order valence-electron chi connectivity index (χ1n) is 10.7. The molecule has 1 unspecified atom stereocenters. The molecule has 0 saturated carbocycles. The monoisotopic (exact) mass is 450 g/mol. The van der Waals surface area contributed by atoms with Gasteiger partial charge >= 0.3 is 0 Å². The topological polar surface area (TPSA) is 107 Å². The second-order valence-electron chi connectivity index (χ2n) is 8.03. The Morgan fingerprint density at radius 1 is 1.06 bits per heavy atom. The summed E-state index contributed by atoms with van der Waals surface area (Å²) in [6.07, 6.45) is 4.93.